The van der Waals surface area contributed by atoms with Crippen LogP contribution in [0, 0.1) is 29.6 Å². The molecule has 3 aliphatic carbocycles. The highest BCUT2D eigenvalue weighted by molar-refractivity contribution is 7.73. The summed E-state index contributed by atoms with van der Waals surface area (Å²) < 4.78 is 0. The molecule has 0 aliphatic heterocycles. The summed E-state index contributed by atoms with van der Waals surface area (Å²) in [6, 6.07) is 32.7. The van der Waals surface area contributed by atoms with Gasteiger partial charge in [0.15, 0.2) is 0 Å². The molecular weight excluding hydrogens is 547 g/mol. The SMILES string of the molecule is C/C=C/C1CC(/C=C/[C@@H]2CC(/C=C/CC)CC2c2ccc(C3CCCC3)cc2)[C@H](C)[C@@H]1P(c1ccccc1)c1ccccc1. The Morgan fingerprint density at radius 1 is 0.659 bits per heavy atom. The molecule has 0 saturated heterocycles. The van der Waals surface area contributed by atoms with E-state index in [1.807, 2.05) is 0 Å². The van der Waals surface area contributed by atoms with Crippen LogP contribution in [0.4, 0.5) is 0 Å². The quantitative estimate of drug-likeness (QED) is 0.160. The van der Waals surface area contributed by atoms with Gasteiger partial charge >= 0.3 is 0 Å². The van der Waals surface area contributed by atoms with Crippen molar-refractivity contribution >= 4 is 18.5 Å². The predicted molar refractivity (Wildman–Crippen MR) is 194 cm³/mol. The maximum atomic E-state index is 2.68. The lowest BCUT2D eigenvalue weighted by atomic mass is 9.85. The van der Waals surface area contributed by atoms with Crippen LogP contribution in [0.25, 0.3) is 0 Å². The highest BCUT2D eigenvalue weighted by atomic mass is 31.1. The molecule has 6 rings (SSSR count). The predicted octanol–water partition coefficient (Wildman–Crippen LogP) is 11.3. The topological polar surface area (TPSA) is 0 Å². The number of benzene rings is 3. The van der Waals surface area contributed by atoms with Gasteiger partial charge in [0.05, 0.1) is 0 Å². The highest BCUT2D eigenvalue weighted by Crippen LogP contribution is 2.56. The molecule has 3 saturated carbocycles. The van der Waals surface area contributed by atoms with E-state index in [0.29, 0.717) is 41.2 Å². The van der Waals surface area contributed by atoms with Crippen molar-refractivity contribution < 1.29 is 0 Å². The van der Waals surface area contributed by atoms with Crippen LogP contribution in [0.5, 0.6) is 0 Å². The second-order valence-corrected chi connectivity index (χ2v) is 16.2. The average Bonchev–Trinajstić information content (AvgIpc) is 3.81. The normalized spacial score (nSPS) is 29.7. The zero-order chi connectivity index (χ0) is 30.3. The van der Waals surface area contributed by atoms with Gasteiger partial charge in [-0.15, -0.1) is 0 Å². The largest absolute Gasteiger partial charge is 0.0914 e. The maximum Gasteiger partial charge on any atom is -0.00344 e. The average molecular weight is 601 g/mol. The molecule has 4 unspecified atom stereocenters. The molecule has 0 spiro atoms. The van der Waals surface area contributed by atoms with E-state index in [1.165, 1.54) is 55.6 Å². The fraction of sp³-hybridized carbons (Fsp3) is 0.442. The van der Waals surface area contributed by atoms with Crippen LogP contribution in [0.3, 0.4) is 0 Å². The van der Waals surface area contributed by atoms with Gasteiger partial charge in [0.2, 0.25) is 0 Å². The van der Waals surface area contributed by atoms with Gasteiger partial charge in [-0.1, -0.05) is 148 Å². The summed E-state index contributed by atoms with van der Waals surface area (Å²) in [5.41, 5.74) is 3.78. The summed E-state index contributed by atoms with van der Waals surface area (Å²) in [5.74, 6) is 4.60. The molecule has 3 aliphatic rings. The van der Waals surface area contributed by atoms with E-state index in [-0.39, 0.29) is 0 Å². The number of hydrogen-bond acceptors (Lipinski definition) is 0. The number of rotatable bonds is 10. The van der Waals surface area contributed by atoms with E-state index >= 15 is 0 Å². The van der Waals surface area contributed by atoms with Crippen molar-refractivity contribution in [2.75, 3.05) is 0 Å². The minimum absolute atomic E-state index is 0.451. The van der Waals surface area contributed by atoms with E-state index in [2.05, 4.69) is 142 Å². The zero-order valence-corrected chi connectivity index (χ0v) is 28.2. The molecule has 0 aromatic heterocycles. The summed E-state index contributed by atoms with van der Waals surface area (Å²) in [4.78, 5) is 0. The molecule has 0 radical (unpaired) electrons. The van der Waals surface area contributed by atoms with Gasteiger partial charge in [0, 0.05) is 0 Å². The van der Waals surface area contributed by atoms with Crippen molar-refractivity contribution in [1.29, 1.82) is 0 Å². The molecule has 7 atom stereocenters. The van der Waals surface area contributed by atoms with Crippen molar-refractivity contribution in [1.82, 2.24) is 0 Å². The minimum Gasteiger partial charge on any atom is -0.0914 e. The molecule has 0 bridgehead atoms. The van der Waals surface area contributed by atoms with Gasteiger partial charge in [0.1, 0.15) is 0 Å². The smallest absolute Gasteiger partial charge is 0.00344 e. The maximum absolute atomic E-state index is 2.68. The van der Waals surface area contributed by atoms with Crippen LogP contribution in [0.15, 0.2) is 121 Å². The van der Waals surface area contributed by atoms with E-state index in [0.717, 1.165) is 12.3 Å². The third-order valence-corrected chi connectivity index (χ3v) is 14.3. The Kier molecular flexibility index (Phi) is 10.7. The van der Waals surface area contributed by atoms with Crippen molar-refractivity contribution in [2.24, 2.45) is 29.6 Å². The lowest BCUT2D eigenvalue weighted by Crippen LogP contribution is -2.28. The van der Waals surface area contributed by atoms with Gasteiger partial charge in [0.25, 0.3) is 0 Å². The van der Waals surface area contributed by atoms with Crippen LogP contribution in [-0.4, -0.2) is 5.66 Å². The molecule has 230 valence electrons. The molecule has 0 N–H and O–H groups in total. The Morgan fingerprint density at radius 3 is 1.89 bits per heavy atom. The highest BCUT2D eigenvalue weighted by Gasteiger charge is 2.43. The van der Waals surface area contributed by atoms with Crippen LogP contribution in [-0.2, 0) is 0 Å². The zero-order valence-electron chi connectivity index (χ0n) is 27.3. The van der Waals surface area contributed by atoms with Crippen molar-refractivity contribution in [3.63, 3.8) is 0 Å². The summed E-state index contributed by atoms with van der Waals surface area (Å²) in [5, 5.41) is 3.04. The number of hydrogen-bond donors (Lipinski definition) is 0. The number of allylic oxidation sites excluding steroid dienone is 6. The molecule has 3 aromatic carbocycles. The van der Waals surface area contributed by atoms with Gasteiger partial charge in [-0.05, 0) is 122 Å². The molecule has 1 heteroatoms. The Balaban J connectivity index is 1.26. The first kappa shape index (κ1) is 31.3. The van der Waals surface area contributed by atoms with Crippen LogP contribution in [0.2, 0.25) is 0 Å². The monoisotopic (exact) mass is 600 g/mol. The van der Waals surface area contributed by atoms with Gasteiger partial charge in [-0.25, -0.2) is 0 Å². The Labute approximate surface area is 269 Å². The van der Waals surface area contributed by atoms with Crippen molar-refractivity contribution in [2.45, 2.75) is 89.6 Å². The third kappa shape index (κ3) is 7.07. The summed E-state index contributed by atoms with van der Waals surface area (Å²) >= 11 is 0. The van der Waals surface area contributed by atoms with E-state index < -0.39 is 7.92 Å². The molecule has 0 heterocycles. The summed E-state index contributed by atoms with van der Waals surface area (Å²) in [7, 11) is -0.451. The lowest BCUT2D eigenvalue weighted by molar-refractivity contribution is 0.500. The Morgan fingerprint density at radius 2 is 1.27 bits per heavy atom. The van der Waals surface area contributed by atoms with Gasteiger partial charge < -0.3 is 0 Å². The second kappa shape index (κ2) is 15.1. The molecule has 3 aromatic rings. The van der Waals surface area contributed by atoms with Crippen molar-refractivity contribution in [3.8, 4) is 0 Å². The van der Waals surface area contributed by atoms with Gasteiger partial charge in [-0.2, -0.15) is 0 Å². The molecule has 44 heavy (non-hydrogen) atoms. The Hall–Kier alpha value is -2.69. The van der Waals surface area contributed by atoms with Crippen molar-refractivity contribution in [3.05, 3.63) is 133 Å². The van der Waals surface area contributed by atoms with Crippen LogP contribution < -0.4 is 10.6 Å². The summed E-state index contributed by atoms with van der Waals surface area (Å²) in [6.45, 7) is 7.04. The molecule has 0 nitrogen and oxygen atoms in total. The molecule has 0 amide bonds. The standard InChI is InChI=1S/C43H53P/c1-4-6-16-33-29-38(42(30-33)36-25-23-35(24-26-36)34-17-13-14-18-34)28-27-37-31-39(15-5-2)43(32(37)3)44(40-19-9-7-10-20-40)41-21-11-8-12-22-41/h5-12,15-16,19-28,32-34,37-39,42-43H,4,13-14,17-18,29-31H2,1-3H3/b15-5+,16-6+,28-27+/t32-,33?,37?,38+,39?,42?,43-/m0/s1. The van der Waals surface area contributed by atoms with Crippen LogP contribution in [0.1, 0.15) is 95.1 Å². The molecule has 3 fully saturated rings. The lowest BCUT2D eigenvalue weighted by Gasteiger charge is -2.32. The Bertz CT molecular complexity index is 1340. The fourth-order valence-electron chi connectivity index (χ4n) is 8.85. The van der Waals surface area contributed by atoms with E-state index in [4.69, 9.17) is 0 Å². The third-order valence-electron chi connectivity index (χ3n) is 11.1. The fourth-order valence-corrected chi connectivity index (χ4v) is 12.1. The minimum atomic E-state index is -0.451. The molecular formula is C43H53P. The first-order valence-electron chi connectivity index (χ1n) is 17.6. The van der Waals surface area contributed by atoms with Gasteiger partial charge in [-0.3, -0.25) is 0 Å². The second-order valence-electron chi connectivity index (χ2n) is 13.9. The summed E-state index contributed by atoms with van der Waals surface area (Å²) in [6.07, 6.45) is 25.7. The first-order chi connectivity index (χ1) is 21.7. The van der Waals surface area contributed by atoms with E-state index in [1.54, 1.807) is 11.1 Å². The van der Waals surface area contributed by atoms with Crippen LogP contribution >= 0.6 is 7.92 Å². The van der Waals surface area contributed by atoms with E-state index in [9.17, 15) is 0 Å². The first-order valence-corrected chi connectivity index (χ1v) is 19.0.